The van der Waals surface area contributed by atoms with Crippen molar-refractivity contribution >= 4 is 34.0 Å². The number of halogens is 1. The molecule has 1 fully saturated rings. The fraction of sp³-hybridized carbons (Fsp3) is 0.667. The molecule has 0 aromatic heterocycles. The van der Waals surface area contributed by atoms with E-state index in [0.717, 1.165) is 18.4 Å². The molecule has 5 atom stereocenters. The minimum atomic E-state index is -1.16. The highest BCUT2D eigenvalue weighted by Crippen LogP contribution is 2.31. The Hall–Kier alpha value is 0.140. The number of hydrogen-bond acceptors (Lipinski definition) is 4. The van der Waals surface area contributed by atoms with Crippen LogP contribution in [0.2, 0.25) is 0 Å². The molecule has 0 radical (unpaired) electrons. The Morgan fingerprint density at radius 1 is 1.33 bits per heavy atom. The molecule has 6 heteroatoms. The topological polar surface area (TPSA) is 55.8 Å². The lowest BCUT2D eigenvalue weighted by molar-refractivity contribution is -0.168. The molecular weight excluding hydrogens is 437 g/mol. The van der Waals surface area contributed by atoms with Gasteiger partial charge in [0.05, 0.1) is 22.6 Å². The van der Waals surface area contributed by atoms with Crippen LogP contribution in [0, 0.1) is 0 Å². The molecule has 0 amide bonds. The zero-order chi connectivity index (χ0) is 17.9. The van der Waals surface area contributed by atoms with Gasteiger partial charge in [0, 0.05) is 11.4 Å². The van der Waals surface area contributed by atoms with Gasteiger partial charge in [-0.2, -0.15) is 0 Å². The summed E-state index contributed by atoms with van der Waals surface area (Å²) in [6.45, 7) is 8.63. The van der Waals surface area contributed by atoms with Crippen molar-refractivity contribution in [2.24, 2.45) is 0 Å². The van der Waals surface area contributed by atoms with Gasteiger partial charge in [-0.3, -0.25) is 0 Å². The lowest BCUT2D eigenvalue weighted by Crippen LogP contribution is -2.53. The third-order valence-corrected chi connectivity index (χ3v) is 7.43. The van der Waals surface area contributed by atoms with E-state index in [9.17, 15) is 9.66 Å². The molecule has 4 unspecified atom stereocenters. The maximum absolute atomic E-state index is 13.1. The SMILES string of the molecule is CC([C@@H]1CCC(I)C(O)O1)N(Cc1ccccc1)[S+]([O-])C(C)(C)C. The lowest BCUT2D eigenvalue weighted by atomic mass is 10.0. The van der Waals surface area contributed by atoms with E-state index in [2.05, 4.69) is 41.6 Å². The summed E-state index contributed by atoms with van der Waals surface area (Å²) in [6, 6.07) is 10.1. The third kappa shape index (κ3) is 5.32. The van der Waals surface area contributed by atoms with Gasteiger partial charge in [-0.05, 0) is 46.1 Å². The van der Waals surface area contributed by atoms with Crippen LogP contribution in [-0.2, 0) is 22.6 Å². The maximum atomic E-state index is 13.1. The van der Waals surface area contributed by atoms with E-state index in [4.69, 9.17) is 4.74 Å². The third-order valence-electron chi connectivity index (χ3n) is 4.26. The number of hydrogen-bond donors (Lipinski definition) is 1. The first kappa shape index (κ1) is 20.5. The minimum absolute atomic E-state index is 0.0381. The van der Waals surface area contributed by atoms with Crippen molar-refractivity contribution in [3.8, 4) is 0 Å². The van der Waals surface area contributed by atoms with Gasteiger partial charge in [0.15, 0.2) is 6.29 Å². The van der Waals surface area contributed by atoms with Crippen LogP contribution in [-0.4, -0.2) is 41.1 Å². The molecule has 1 saturated heterocycles. The van der Waals surface area contributed by atoms with Gasteiger partial charge in [-0.1, -0.05) is 52.9 Å². The molecular formula is C18H28INO3S. The molecule has 2 rings (SSSR count). The predicted molar refractivity (Wildman–Crippen MR) is 107 cm³/mol. The number of ether oxygens (including phenoxy) is 1. The molecule has 0 bridgehead atoms. The van der Waals surface area contributed by atoms with Gasteiger partial charge < -0.3 is 14.4 Å². The quantitative estimate of drug-likeness (QED) is 0.410. The standard InChI is InChI=1S/C18H28INO3S/c1-13(16-11-10-15(19)17(21)23-16)20(24(22)18(2,3)4)12-14-8-6-5-7-9-14/h5-9,13,15-17,21H,10-12H2,1-4H3/t13?,15?,16-,17?,24?/m0/s1. The van der Waals surface area contributed by atoms with Crippen molar-refractivity contribution in [1.82, 2.24) is 4.31 Å². The predicted octanol–water partition coefficient (Wildman–Crippen LogP) is 3.64. The van der Waals surface area contributed by atoms with E-state index in [0.29, 0.717) is 6.54 Å². The van der Waals surface area contributed by atoms with Crippen LogP contribution in [0.5, 0.6) is 0 Å². The molecule has 4 nitrogen and oxygen atoms in total. The zero-order valence-electron chi connectivity index (χ0n) is 14.8. The van der Waals surface area contributed by atoms with Gasteiger partial charge in [-0.15, -0.1) is 4.31 Å². The highest BCUT2D eigenvalue weighted by atomic mass is 127. The first-order chi connectivity index (χ1) is 11.2. The monoisotopic (exact) mass is 465 g/mol. The van der Waals surface area contributed by atoms with Crippen molar-refractivity contribution in [3.05, 3.63) is 35.9 Å². The summed E-state index contributed by atoms with van der Waals surface area (Å²) in [6.07, 6.45) is 0.936. The van der Waals surface area contributed by atoms with Gasteiger partial charge in [-0.25, -0.2) is 0 Å². The Bertz CT molecular complexity index is 511. The zero-order valence-corrected chi connectivity index (χ0v) is 17.8. The van der Waals surface area contributed by atoms with E-state index in [1.165, 1.54) is 0 Å². The van der Waals surface area contributed by atoms with Gasteiger partial charge in [0.2, 0.25) is 0 Å². The lowest BCUT2D eigenvalue weighted by Gasteiger charge is -2.41. The number of alkyl halides is 1. The molecule has 1 aromatic rings. The summed E-state index contributed by atoms with van der Waals surface area (Å²) in [7, 11) is 0. The summed E-state index contributed by atoms with van der Waals surface area (Å²) in [4.78, 5) is 0. The van der Waals surface area contributed by atoms with Crippen LogP contribution in [0.3, 0.4) is 0 Å². The Labute approximate surface area is 162 Å². The average molecular weight is 465 g/mol. The molecule has 1 aliphatic heterocycles. The molecule has 0 saturated carbocycles. The second-order valence-electron chi connectivity index (χ2n) is 7.32. The van der Waals surface area contributed by atoms with Crippen LogP contribution in [0.4, 0.5) is 0 Å². The fourth-order valence-electron chi connectivity index (χ4n) is 2.81. The summed E-state index contributed by atoms with van der Waals surface area (Å²) >= 11 is 1.07. The Morgan fingerprint density at radius 2 is 1.96 bits per heavy atom. The summed E-state index contributed by atoms with van der Waals surface area (Å²) < 4.78 is 20.7. The molecule has 1 N–H and O–H groups in total. The normalized spacial score (nSPS) is 27.9. The van der Waals surface area contributed by atoms with E-state index in [-0.39, 0.29) is 20.8 Å². The Balaban J connectivity index is 2.18. The molecule has 0 spiro atoms. The van der Waals surface area contributed by atoms with Crippen LogP contribution in [0.1, 0.15) is 46.1 Å². The maximum Gasteiger partial charge on any atom is 0.166 e. The van der Waals surface area contributed by atoms with Crippen LogP contribution < -0.4 is 0 Å². The summed E-state index contributed by atoms with van der Waals surface area (Å²) in [5.41, 5.74) is 1.13. The van der Waals surface area contributed by atoms with Crippen molar-refractivity contribution in [1.29, 1.82) is 0 Å². The molecule has 1 heterocycles. The molecule has 24 heavy (non-hydrogen) atoms. The molecule has 0 aliphatic carbocycles. The summed E-state index contributed by atoms with van der Waals surface area (Å²) in [5, 5.41) is 10.0. The number of nitrogens with zero attached hydrogens (tertiary/aromatic N) is 1. The molecule has 1 aromatic carbocycles. The highest BCUT2D eigenvalue weighted by molar-refractivity contribution is 14.1. The van der Waals surface area contributed by atoms with Crippen LogP contribution in [0.15, 0.2) is 30.3 Å². The molecule has 1 aliphatic rings. The van der Waals surface area contributed by atoms with Crippen LogP contribution >= 0.6 is 22.6 Å². The van der Waals surface area contributed by atoms with E-state index in [1.807, 2.05) is 43.3 Å². The minimum Gasteiger partial charge on any atom is -0.597 e. The van der Waals surface area contributed by atoms with E-state index in [1.54, 1.807) is 0 Å². The smallest absolute Gasteiger partial charge is 0.166 e. The largest absolute Gasteiger partial charge is 0.597 e. The Morgan fingerprint density at radius 3 is 2.50 bits per heavy atom. The first-order valence-corrected chi connectivity index (χ1v) is 10.8. The second kappa shape index (κ2) is 8.68. The van der Waals surface area contributed by atoms with Crippen molar-refractivity contribution in [2.45, 2.75) is 74.2 Å². The number of aliphatic hydroxyl groups is 1. The highest BCUT2D eigenvalue weighted by Gasteiger charge is 2.41. The van der Waals surface area contributed by atoms with Crippen molar-refractivity contribution in [3.63, 3.8) is 0 Å². The van der Waals surface area contributed by atoms with Gasteiger partial charge in [0.1, 0.15) is 4.75 Å². The number of aliphatic hydroxyl groups excluding tert-OH is 1. The van der Waals surface area contributed by atoms with Crippen molar-refractivity contribution < 1.29 is 14.4 Å². The first-order valence-electron chi connectivity index (χ1n) is 8.40. The van der Waals surface area contributed by atoms with E-state index >= 15 is 0 Å². The summed E-state index contributed by atoms with van der Waals surface area (Å²) in [5.74, 6) is 0. The van der Waals surface area contributed by atoms with Gasteiger partial charge >= 0.3 is 0 Å². The Kier molecular flexibility index (Phi) is 7.40. The molecule has 136 valence electrons. The van der Waals surface area contributed by atoms with E-state index < -0.39 is 17.7 Å². The average Bonchev–Trinajstić information content (AvgIpc) is 2.54. The second-order valence-corrected chi connectivity index (χ2v) is 11.1. The number of benzene rings is 1. The number of rotatable bonds is 5. The fourth-order valence-corrected chi connectivity index (χ4v) is 4.74. The van der Waals surface area contributed by atoms with Crippen molar-refractivity contribution in [2.75, 3.05) is 0 Å². The van der Waals surface area contributed by atoms with Crippen LogP contribution in [0.25, 0.3) is 0 Å². The van der Waals surface area contributed by atoms with Gasteiger partial charge in [0.25, 0.3) is 0 Å².